The van der Waals surface area contributed by atoms with Crippen LogP contribution in [0.4, 0.5) is 0 Å². The van der Waals surface area contributed by atoms with Gasteiger partial charge in [0.2, 0.25) is 0 Å². The predicted octanol–water partition coefficient (Wildman–Crippen LogP) is 2.86. The zero-order valence-corrected chi connectivity index (χ0v) is 13.2. The summed E-state index contributed by atoms with van der Waals surface area (Å²) >= 11 is 0. The van der Waals surface area contributed by atoms with Crippen LogP contribution < -0.4 is 0 Å². The average molecular weight is 287 g/mol. The number of benzene rings is 1. The lowest BCUT2D eigenvalue weighted by molar-refractivity contribution is 0.0155. The molecule has 1 N–H and O–H groups in total. The van der Waals surface area contributed by atoms with E-state index in [4.69, 9.17) is 0 Å². The molecule has 0 spiro atoms. The Morgan fingerprint density at radius 2 is 1.81 bits per heavy atom. The summed E-state index contributed by atoms with van der Waals surface area (Å²) in [6, 6.07) is 6.66. The van der Waals surface area contributed by atoms with Gasteiger partial charge in [-0.05, 0) is 63.6 Å². The molecule has 2 aliphatic heterocycles. The maximum atomic E-state index is 12.8. The molecule has 114 valence electrons. The first-order valence-corrected chi connectivity index (χ1v) is 8.04. The average Bonchev–Trinajstić information content (AvgIpc) is 2.72. The molecule has 0 amide bonds. The van der Waals surface area contributed by atoms with Crippen molar-refractivity contribution in [3.63, 3.8) is 0 Å². The van der Waals surface area contributed by atoms with E-state index in [1.807, 2.05) is 25.1 Å². The number of piperidine rings is 1. The number of hydrogen-bond acceptors (Lipinski definition) is 3. The van der Waals surface area contributed by atoms with E-state index in [0.717, 1.165) is 31.2 Å². The molecular formula is C18H25NO2. The first-order chi connectivity index (χ1) is 9.97. The highest BCUT2D eigenvalue weighted by Gasteiger charge is 2.44. The Balaban J connectivity index is 1.80. The fourth-order valence-corrected chi connectivity index (χ4v) is 4.09. The minimum absolute atomic E-state index is 0.0860. The molecule has 2 aliphatic rings. The monoisotopic (exact) mass is 287 g/mol. The Morgan fingerprint density at radius 1 is 1.19 bits per heavy atom. The third-order valence-corrected chi connectivity index (χ3v) is 5.38. The van der Waals surface area contributed by atoms with Crippen molar-refractivity contribution >= 4 is 5.78 Å². The summed E-state index contributed by atoms with van der Waals surface area (Å²) in [5, 5.41) is 9.90. The lowest BCUT2D eigenvalue weighted by atomic mass is 9.94. The fraction of sp³-hybridized carbons (Fsp3) is 0.611. The van der Waals surface area contributed by atoms with Gasteiger partial charge in [0.25, 0.3) is 0 Å². The van der Waals surface area contributed by atoms with Gasteiger partial charge in [-0.1, -0.05) is 12.1 Å². The van der Waals surface area contributed by atoms with E-state index in [0.29, 0.717) is 12.1 Å². The molecule has 2 saturated heterocycles. The van der Waals surface area contributed by atoms with E-state index in [1.54, 1.807) is 0 Å². The Morgan fingerprint density at radius 3 is 2.38 bits per heavy atom. The number of aliphatic hydroxyl groups excluding tert-OH is 1. The van der Waals surface area contributed by atoms with Crippen LogP contribution in [0.2, 0.25) is 0 Å². The van der Waals surface area contributed by atoms with E-state index in [1.165, 1.54) is 11.1 Å². The van der Waals surface area contributed by atoms with Gasteiger partial charge in [0.1, 0.15) is 0 Å². The molecule has 0 aliphatic carbocycles. The molecule has 2 bridgehead atoms. The van der Waals surface area contributed by atoms with Crippen molar-refractivity contribution in [2.24, 2.45) is 0 Å². The van der Waals surface area contributed by atoms with E-state index in [9.17, 15) is 9.90 Å². The van der Waals surface area contributed by atoms with Gasteiger partial charge < -0.3 is 5.11 Å². The SMILES string of the molecule is Cc1ccc(C(=O)C(C)N2C3CCC2CC(O)C3)cc1C. The van der Waals surface area contributed by atoms with Crippen LogP contribution in [0.15, 0.2) is 18.2 Å². The first kappa shape index (κ1) is 14.7. The summed E-state index contributed by atoms with van der Waals surface area (Å²) in [4.78, 5) is 15.2. The van der Waals surface area contributed by atoms with Crippen molar-refractivity contribution in [2.45, 2.75) is 70.7 Å². The molecule has 0 aromatic heterocycles. The smallest absolute Gasteiger partial charge is 0.179 e. The van der Waals surface area contributed by atoms with Crippen LogP contribution in [0.3, 0.4) is 0 Å². The van der Waals surface area contributed by atoms with Crippen LogP contribution in [0.1, 0.15) is 54.1 Å². The van der Waals surface area contributed by atoms with Crippen molar-refractivity contribution in [3.05, 3.63) is 34.9 Å². The zero-order valence-electron chi connectivity index (χ0n) is 13.2. The van der Waals surface area contributed by atoms with Crippen LogP contribution in [-0.4, -0.2) is 40.0 Å². The van der Waals surface area contributed by atoms with Crippen LogP contribution in [-0.2, 0) is 0 Å². The normalized spacial score (nSPS) is 30.4. The molecule has 1 aromatic rings. The van der Waals surface area contributed by atoms with Gasteiger partial charge in [0.05, 0.1) is 12.1 Å². The van der Waals surface area contributed by atoms with Gasteiger partial charge in [0.15, 0.2) is 5.78 Å². The second-order valence-electron chi connectivity index (χ2n) is 6.80. The van der Waals surface area contributed by atoms with Crippen molar-refractivity contribution in [1.29, 1.82) is 0 Å². The summed E-state index contributed by atoms with van der Waals surface area (Å²) in [5.74, 6) is 0.214. The van der Waals surface area contributed by atoms with E-state index >= 15 is 0 Å². The van der Waals surface area contributed by atoms with Crippen molar-refractivity contribution in [1.82, 2.24) is 4.90 Å². The van der Waals surface area contributed by atoms with Crippen LogP contribution >= 0.6 is 0 Å². The molecule has 2 heterocycles. The summed E-state index contributed by atoms with van der Waals surface area (Å²) < 4.78 is 0. The zero-order chi connectivity index (χ0) is 15.1. The van der Waals surface area contributed by atoms with Crippen LogP contribution in [0.5, 0.6) is 0 Å². The highest BCUT2D eigenvalue weighted by molar-refractivity contribution is 6.00. The molecule has 3 atom stereocenters. The fourth-order valence-electron chi connectivity index (χ4n) is 4.09. The maximum absolute atomic E-state index is 12.8. The largest absolute Gasteiger partial charge is 0.393 e. The number of aliphatic hydroxyl groups is 1. The molecule has 3 heteroatoms. The second-order valence-corrected chi connectivity index (χ2v) is 6.80. The number of fused-ring (bicyclic) bond motifs is 2. The van der Waals surface area contributed by atoms with Gasteiger partial charge in [-0.2, -0.15) is 0 Å². The first-order valence-electron chi connectivity index (χ1n) is 8.04. The highest BCUT2D eigenvalue weighted by Crippen LogP contribution is 2.37. The summed E-state index contributed by atoms with van der Waals surface area (Å²) in [6.45, 7) is 6.15. The second kappa shape index (κ2) is 5.54. The Labute approximate surface area is 127 Å². The maximum Gasteiger partial charge on any atom is 0.179 e. The molecule has 3 rings (SSSR count). The van der Waals surface area contributed by atoms with Crippen LogP contribution in [0, 0.1) is 13.8 Å². The number of carbonyl (C=O) groups excluding carboxylic acids is 1. The topological polar surface area (TPSA) is 40.5 Å². The number of aryl methyl sites for hydroxylation is 2. The van der Waals surface area contributed by atoms with Crippen molar-refractivity contribution < 1.29 is 9.90 Å². The van der Waals surface area contributed by atoms with Gasteiger partial charge in [-0.15, -0.1) is 0 Å². The quantitative estimate of drug-likeness (QED) is 0.869. The molecule has 0 radical (unpaired) electrons. The van der Waals surface area contributed by atoms with E-state index in [2.05, 4.69) is 18.7 Å². The number of rotatable bonds is 3. The third-order valence-electron chi connectivity index (χ3n) is 5.38. The Kier molecular flexibility index (Phi) is 3.89. The molecule has 3 nitrogen and oxygen atoms in total. The lowest BCUT2D eigenvalue weighted by Gasteiger charge is -2.40. The van der Waals surface area contributed by atoms with Gasteiger partial charge in [-0.25, -0.2) is 0 Å². The van der Waals surface area contributed by atoms with Crippen molar-refractivity contribution in [2.75, 3.05) is 0 Å². The van der Waals surface area contributed by atoms with Gasteiger partial charge >= 0.3 is 0 Å². The molecule has 0 saturated carbocycles. The predicted molar refractivity (Wildman–Crippen MR) is 83.6 cm³/mol. The Hall–Kier alpha value is -1.19. The summed E-state index contributed by atoms with van der Waals surface area (Å²) in [7, 11) is 0. The summed E-state index contributed by atoms with van der Waals surface area (Å²) in [6.07, 6.45) is 3.70. The molecule has 1 aromatic carbocycles. The van der Waals surface area contributed by atoms with E-state index < -0.39 is 0 Å². The molecular weight excluding hydrogens is 262 g/mol. The number of hydrogen-bond donors (Lipinski definition) is 1. The van der Waals surface area contributed by atoms with Gasteiger partial charge in [-0.3, -0.25) is 9.69 Å². The standard InChI is InChI=1S/C18H25NO2/c1-11-4-5-14(8-12(11)2)18(21)13(3)19-15-6-7-16(19)10-17(20)9-15/h4-5,8,13,15-17,20H,6-7,9-10H2,1-3H3. The van der Waals surface area contributed by atoms with E-state index in [-0.39, 0.29) is 17.9 Å². The van der Waals surface area contributed by atoms with Crippen molar-refractivity contribution in [3.8, 4) is 0 Å². The molecule has 2 fully saturated rings. The molecule has 3 unspecified atom stereocenters. The summed E-state index contributed by atoms with van der Waals surface area (Å²) in [5.41, 5.74) is 3.21. The van der Waals surface area contributed by atoms with Gasteiger partial charge in [0, 0.05) is 17.6 Å². The Bertz CT molecular complexity index is 540. The lowest BCUT2D eigenvalue weighted by Crippen LogP contribution is -2.51. The minimum Gasteiger partial charge on any atom is -0.393 e. The van der Waals surface area contributed by atoms with Crippen LogP contribution in [0.25, 0.3) is 0 Å². The minimum atomic E-state index is -0.178. The third kappa shape index (κ3) is 2.65. The number of nitrogens with zero attached hydrogens (tertiary/aromatic N) is 1. The number of Topliss-reactive ketones (excluding diaryl/α,β-unsaturated/α-hetero) is 1. The highest BCUT2D eigenvalue weighted by atomic mass is 16.3. The number of ketones is 1. The molecule has 21 heavy (non-hydrogen) atoms. The number of carbonyl (C=O) groups is 1.